The van der Waals surface area contributed by atoms with Gasteiger partial charge in [-0.3, -0.25) is 0 Å². The van der Waals surface area contributed by atoms with Gasteiger partial charge in [-0.25, -0.2) is 4.98 Å². The largest absolute Gasteiger partial charge is 0.366 e. The van der Waals surface area contributed by atoms with Crippen LogP contribution in [0, 0.1) is 6.92 Å². The minimum Gasteiger partial charge on any atom is -0.366 e. The second-order valence-corrected chi connectivity index (χ2v) is 6.72. The Balaban J connectivity index is 1.38. The van der Waals surface area contributed by atoms with Crippen LogP contribution in [0.15, 0.2) is 59.4 Å². The molecule has 4 heterocycles. The van der Waals surface area contributed by atoms with E-state index in [1.165, 1.54) is 16.6 Å². The highest BCUT2D eigenvalue weighted by atomic mass is 16.5. The van der Waals surface area contributed by atoms with Crippen molar-refractivity contribution in [3.05, 3.63) is 66.3 Å². The van der Waals surface area contributed by atoms with Crippen molar-refractivity contribution in [2.45, 2.75) is 13.3 Å². The average molecular weight is 357 g/mol. The zero-order valence-corrected chi connectivity index (χ0v) is 15.0. The van der Waals surface area contributed by atoms with Crippen LogP contribution in [0.1, 0.15) is 17.9 Å². The fourth-order valence-corrected chi connectivity index (χ4v) is 3.59. The van der Waals surface area contributed by atoms with Crippen LogP contribution in [0.25, 0.3) is 28.0 Å². The number of hydrogen-bond acceptors (Lipinski definition) is 5. The number of pyridine rings is 1. The Morgan fingerprint density at radius 2 is 2.04 bits per heavy atom. The number of aryl methyl sites for hydroxylation is 1. The number of aromatic amines is 1. The molecular weight excluding hydrogens is 338 g/mol. The molecule has 0 unspecified atom stereocenters. The van der Waals surface area contributed by atoms with Crippen molar-refractivity contribution < 1.29 is 4.52 Å². The lowest BCUT2D eigenvalue weighted by atomic mass is 10.1. The van der Waals surface area contributed by atoms with Gasteiger partial charge >= 0.3 is 0 Å². The van der Waals surface area contributed by atoms with Crippen LogP contribution < -0.4 is 4.90 Å². The summed E-state index contributed by atoms with van der Waals surface area (Å²) in [6, 6.07) is 12.0. The molecule has 1 aliphatic heterocycles. The molecule has 6 heteroatoms. The summed E-state index contributed by atoms with van der Waals surface area (Å²) < 4.78 is 5.51. The van der Waals surface area contributed by atoms with E-state index in [0.29, 0.717) is 11.7 Å². The summed E-state index contributed by atoms with van der Waals surface area (Å²) in [5.74, 6) is 1.25. The zero-order valence-electron chi connectivity index (χ0n) is 15.0. The molecule has 4 aromatic rings. The van der Waals surface area contributed by atoms with Crippen molar-refractivity contribution in [1.29, 1.82) is 0 Å². The standard InChI is InChI=1S/C21H19N5O/c1-14-17-7-10-22-20(17)23-13-18(14)26-11-8-16(9-12-26)21-24-19(25-27-21)15-5-3-2-4-6-15/h2-8,10,13H,9,11-12H2,1H3,(H,22,23). The minimum atomic E-state index is 0.615. The Hall–Kier alpha value is -3.41. The molecule has 6 nitrogen and oxygen atoms in total. The molecule has 3 aromatic heterocycles. The molecule has 1 aliphatic rings. The smallest absolute Gasteiger partial charge is 0.253 e. The predicted octanol–water partition coefficient (Wildman–Crippen LogP) is 4.22. The number of nitrogens with zero attached hydrogens (tertiary/aromatic N) is 4. The van der Waals surface area contributed by atoms with Crippen LogP contribution in [0.5, 0.6) is 0 Å². The molecule has 0 saturated carbocycles. The second kappa shape index (κ2) is 6.39. The lowest BCUT2D eigenvalue weighted by Gasteiger charge is -2.28. The van der Waals surface area contributed by atoms with Crippen LogP contribution in [0.3, 0.4) is 0 Å². The van der Waals surface area contributed by atoms with Crippen LogP contribution in [0.2, 0.25) is 0 Å². The number of fused-ring (bicyclic) bond motifs is 1. The molecule has 0 fully saturated rings. The van der Waals surface area contributed by atoms with Crippen molar-refractivity contribution in [3.63, 3.8) is 0 Å². The monoisotopic (exact) mass is 357 g/mol. The van der Waals surface area contributed by atoms with E-state index in [1.54, 1.807) is 0 Å². The Morgan fingerprint density at radius 3 is 2.85 bits per heavy atom. The maximum atomic E-state index is 5.51. The molecule has 0 saturated heterocycles. The molecular formula is C21H19N5O. The van der Waals surface area contributed by atoms with E-state index < -0.39 is 0 Å². The number of nitrogens with one attached hydrogen (secondary N) is 1. The first kappa shape index (κ1) is 15.8. The van der Waals surface area contributed by atoms with Crippen LogP contribution in [-0.4, -0.2) is 33.2 Å². The Labute approximate surface area is 156 Å². The molecule has 134 valence electrons. The van der Waals surface area contributed by atoms with Gasteiger partial charge in [0.05, 0.1) is 11.9 Å². The van der Waals surface area contributed by atoms with Crippen LogP contribution >= 0.6 is 0 Å². The SMILES string of the molecule is Cc1c(N2CC=C(c3nc(-c4ccccc4)no3)CC2)cnc2[nH]ccc12. The molecule has 5 rings (SSSR count). The third-order valence-corrected chi connectivity index (χ3v) is 5.11. The molecule has 1 aromatic carbocycles. The number of aromatic nitrogens is 4. The highest BCUT2D eigenvalue weighted by Crippen LogP contribution is 2.30. The minimum absolute atomic E-state index is 0.615. The number of hydrogen-bond donors (Lipinski definition) is 1. The summed E-state index contributed by atoms with van der Waals surface area (Å²) in [4.78, 5) is 14.6. The Bertz CT molecular complexity index is 1130. The molecule has 0 aliphatic carbocycles. The van der Waals surface area contributed by atoms with E-state index in [0.717, 1.165) is 36.3 Å². The number of H-pyrrole nitrogens is 1. The van der Waals surface area contributed by atoms with Gasteiger partial charge in [0.1, 0.15) is 5.65 Å². The third kappa shape index (κ3) is 2.79. The lowest BCUT2D eigenvalue weighted by Crippen LogP contribution is -2.29. The number of rotatable bonds is 3. The first-order valence-electron chi connectivity index (χ1n) is 9.06. The first-order valence-corrected chi connectivity index (χ1v) is 9.06. The quantitative estimate of drug-likeness (QED) is 0.594. The van der Waals surface area contributed by atoms with Gasteiger partial charge in [-0.2, -0.15) is 4.98 Å². The molecule has 0 amide bonds. The topological polar surface area (TPSA) is 70.8 Å². The van der Waals surface area contributed by atoms with Gasteiger partial charge in [0.25, 0.3) is 5.89 Å². The van der Waals surface area contributed by atoms with Gasteiger partial charge in [0, 0.05) is 35.8 Å². The van der Waals surface area contributed by atoms with Gasteiger partial charge in [0.15, 0.2) is 0 Å². The van der Waals surface area contributed by atoms with Crippen LogP contribution in [0.4, 0.5) is 5.69 Å². The van der Waals surface area contributed by atoms with Gasteiger partial charge in [-0.1, -0.05) is 41.6 Å². The van der Waals surface area contributed by atoms with E-state index >= 15 is 0 Å². The van der Waals surface area contributed by atoms with E-state index in [1.807, 2.05) is 42.7 Å². The van der Waals surface area contributed by atoms with Gasteiger partial charge in [-0.05, 0) is 25.0 Å². The first-order chi connectivity index (χ1) is 13.3. The van der Waals surface area contributed by atoms with E-state index in [-0.39, 0.29) is 0 Å². The second-order valence-electron chi connectivity index (χ2n) is 6.72. The van der Waals surface area contributed by atoms with Crippen molar-refractivity contribution in [2.75, 3.05) is 18.0 Å². The summed E-state index contributed by atoms with van der Waals surface area (Å²) in [6.07, 6.45) is 6.92. The molecule has 1 N–H and O–H groups in total. The van der Waals surface area contributed by atoms with E-state index in [9.17, 15) is 0 Å². The van der Waals surface area contributed by atoms with Crippen molar-refractivity contribution in [1.82, 2.24) is 20.1 Å². The van der Waals surface area contributed by atoms with E-state index in [4.69, 9.17) is 4.52 Å². The Morgan fingerprint density at radius 1 is 1.15 bits per heavy atom. The molecule has 0 atom stereocenters. The number of benzene rings is 1. The maximum Gasteiger partial charge on any atom is 0.253 e. The van der Waals surface area contributed by atoms with Crippen molar-refractivity contribution in [2.24, 2.45) is 0 Å². The van der Waals surface area contributed by atoms with Crippen LogP contribution in [-0.2, 0) is 0 Å². The highest BCUT2D eigenvalue weighted by molar-refractivity contribution is 5.84. The number of anilines is 1. The van der Waals surface area contributed by atoms with E-state index in [2.05, 4.69) is 44.1 Å². The Kier molecular flexibility index (Phi) is 3.74. The third-order valence-electron chi connectivity index (χ3n) is 5.11. The lowest BCUT2D eigenvalue weighted by molar-refractivity contribution is 0.406. The van der Waals surface area contributed by atoms with Crippen molar-refractivity contribution in [3.8, 4) is 11.4 Å². The van der Waals surface area contributed by atoms with Gasteiger partial charge in [0.2, 0.25) is 5.82 Å². The van der Waals surface area contributed by atoms with Crippen molar-refractivity contribution >= 4 is 22.3 Å². The molecule has 27 heavy (non-hydrogen) atoms. The molecule has 0 bridgehead atoms. The fraction of sp³-hybridized carbons (Fsp3) is 0.190. The summed E-state index contributed by atoms with van der Waals surface area (Å²) in [5.41, 5.74) is 5.43. The summed E-state index contributed by atoms with van der Waals surface area (Å²) in [7, 11) is 0. The van der Waals surface area contributed by atoms with Gasteiger partial charge < -0.3 is 14.4 Å². The summed E-state index contributed by atoms with van der Waals surface area (Å²) >= 11 is 0. The zero-order chi connectivity index (χ0) is 18.2. The molecule has 0 spiro atoms. The molecule has 0 radical (unpaired) electrons. The fourth-order valence-electron chi connectivity index (χ4n) is 3.59. The van der Waals surface area contributed by atoms with Gasteiger partial charge in [-0.15, -0.1) is 0 Å². The predicted molar refractivity (Wildman–Crippen MR) is 105 cm³/mol. The summed E-state index contributed by atoms with van der Waals surface area (Å²) in [5, 5.41) is 5.30. The average Bonchev–Trinajstić information content (AvgIpc) is 3.39. The highest BCUT2D eigenvalue weighted by Gasteiger charge is 2.20. The normalized spacial score (nSPS) is 14.6. The summed E-state index contributed by atoms with van der Waals surface area (Å²) in [6.45, 7) is 3.85. The maximum absolute atomic E-state index is 5.51.